The van der Waals surface area contributed by atoms with Crippen LogP contribution in [0.25, 0.3) is 0 Å². The van der Waals surface area contributed by atoms with Crippen molar-refractivity contribution in [3.05, 3.63) is 0 Å². The van der Waals surface area contributed by atoms with Crippen LogP contribution < -0.4 is 5.73 Å². The summed E-state index contributed by atoms with van der Waals surface area (Å²) in [5, 5.41) is 0.771. The predicted molar refractivity (Wildman–Crippen MR) is 67.4 cm³/mol. The van der Waals surface area contributed by atoms with Gasteiger partial charge in [-0.25, -0.2) is 0 Å². The molecule has 2 N–H and O–H groups in total. The zero-order valence-corrected chi connectivity index (χ0v) is 10.7. The minimum Gasteiger partial charge on any atom is -0.329 e. The van der Waals surface area contributed by atoms with Crippen molar-refractivity contribution in [1.29, 1.82) is 0 Å². The van der Waals surface area contributed by atoms with E-state index in [1.165, 1.54) is 31.8 Å². The number of thioether (sulfide) groups is 1. The van der Waals surface area contributed by atoms with Gasteiger partial charge in [0, 0.05) is 42.7 Å². The molecule has 0 aromatic heterocycles. The fourth-order valence-corrected chi connectivity index (χ4v) is 3.88. The summed E-state index contributed by atoms with van der Waals surface area (Å²) in [7, 11) is 2.21. The third-order valence-corrected chi connectivity index (χ3v) is 4.95. The maximum atomic E-state index is 6.03. The van der Waals surface area contributed by atoms with Gasteiger partial charge in [0.1, 0.15) is 0 Å². The summed E-state index contributed by atoms with van der Waals surface area (Å²) >= 11 is 2.09. The molecule has 0 aromatic carbocycles. The Morgan fingerprint density at radius 3 is 2.80 bits per heavy atom. The van der Waals surface area contributed by atoms with Gasteiger partial charge in [-0.05, 0) is 20.0 Å². The first-order valence-corrected chi connectivity index (χ1v) is 6.96. The lowest BCUT2D eigenvalue weighted by molar-refractivity contribution is 0.107. The molecule has 2 rings (SSSR count). The lowest BCUT2D eigenvalue weighted by atomic mass is 9.95. The average molecular weight is 229 g/mol. The number of hydrogen-bond acceptors (Lipinski definition) is 4. The Balaban J connectivity index is 2.05. The summed E-state index contributed by atoms with van der Waals surface area (Å²) in [6.45, 7) is 7.94. The summed E-state index contributed by atoms with van der Waals surface area (Å²) < 4.78 is 0. The van der Waals surface area contributed by atoms with Crippen molar-refractivity contribution in [3.63, 3.8) is 0 Å². The van der Waals surface area contributed by atoms with E-state index in [9.17, 15) is 0 Å². The number of likely N-dealkylation sites (tertiary alicyclic amines) is 1. The van der Waals surface area contributed by atoms with Gasteiger partial charge in [-0.3, -0.25) is 4.90 Å². The Kier molecular flexibility index (Phi) is 3.60. The number of likely N-dealkylation sites (N-methyl/N-ethyl adjacent to an activating group) is 1. The Hall–Kier alpha value is 0.230. The van der Waals surface area contributed by atoms with Gasteiger partial charge in [0.2, 0.25) is 0 Å². The fraction of sp³-hybridized carbons (Fsp3) is 1.00. The summed E-state index contributed by atoms with van der Waals surface area (Å²) in [6.07, 6.45) is 1.25. The third kappa shape index (κ3) is 2.33. The van der Waals surface area contributed by atoms with Crippen LogP contribution in [0.5, 0.6) is 0 Å². The van der Waals surface area contributed by atoms with Crippen LogP contribution in [0.4, 0.5) is 0 Å². The van der Waals surface area contributed by atoms with Crippen molar-refractivity contribution < 1.29 is 0 Å². The molecule has 2 aliphatic heterocycles. The normalized spacial score (nSPS) is 39.8. The molecule has 3 nitrogen and oxygen atoms in total. The van der Waals surface area contributed by atoms with Crippen molar-refractivity contribution >= 4 is 11.8 Å². The molecule has 0 amide bonds. The SMILES string of the molecule is CC1CN(C2(CN)CCN(C)C2)CCS1. The summed E-state index contributed by atoms with van der Waals surface area (Å²) in [5.41, 5.74) is 6.31. The van der Waals surface area contributed by atoms with Crippen LogP contribution in [0.15, 0.2) is 0 Å². The standard InChI is InChI=1S/C11H23N3S/c1-10-7-14(5-6-15-10)11(8-12)3-4-13(2)9-11/h10H,3-9,12H2,1-2H3. The number of nitrogens with zero attached hydrogens (tertiary/aromatic N) is 2. The highest BCUT2D eigenvalue weighted by atomic mass is 32.2. The van der Waals surface area contributed by atoms with Crippen LogP contribution in [0.3, 0.4) is 0 Å². The Bertz CT molecular complexity index is 224. The quantitative estimate of drug-likeness (QED) is 0.745. The molecule has 4 heteroatoms. The second kappa shape index (κ2) is 4.62. The van der Waals surface area contributed by atoms with Crippen LogP contribution >= 0.6 is 11.8 Å². The average Bonchev–Trinajstić information content (AvgIpc) is 2.61. The fourth-order valence-electron chi connectivity index (χ4n) is 2.86. The molecule has 0 saturated carbocycles. The van der Waals surface area contributed by atoms with E-state index in [4.69, 9.17) is 5.73 Å². The molecular weight excluding hydrogens is 206 g/mol. The molecular formula is C11H23N3S. The second-order valence-corrected chi connectivity index (χ2v) is 6.59. The zero-order valence-electron chi connectivity index (χ0n) is 9.91. The maximum absolute atomic E-state index is 6.03. The first-order chi connectivity index (χ1) is 7.16. The summed E-state index contributed by atoms with van der Waals surface area (Å²) in [4.78, 5) is 5.07. The second-order valence-electron chi connectivity index (χ2n) is 5.04. The first kappa shape index (κ1) is 11.7. The number of nitrogens with two attached hydrogens (primary N) is 1. The van der Waals surface area contributed by atoms with E-state index in [0.717, 1.165) is 18.3 Å². The molecule has 0 spiro atoms. The highest BCUT2D eigenvalue weighted by Gasteiger charge is 2.41. The maximum Gasteiger partial charge on any atom is 0.0471 e. The van der Waals surface area contributed by atoms with E-state index in [1.807, 2.05) is 0 Å². The van der Waals surface area contributed by atoms with E-state index in [1.54, 1.807) is 0 Å². The number of hydrogen-bond donors (Lipinski definition) is 1. The molecule has 0 radical (unpaired) electrons. The molecule has 15 heavy (non-hydrogen) atoms. The predicted octanol–water partition coefficient (Wildman–Crippen LogP) is 0.457. The lowest BCUT2D eigenvalue weighted by Gasteiger charge is -2.44. The van der Waals surface area contributed by atoms with Crippen molar-refractivity contribution in [2.24, 2.45) is 5.73 Å². The van der Waals surface area contributed by atoms with Crippen molar-refractivity contribution in [2.45, 2.75) is 24.1 Å². The van der Waals surface area contributed by atoms with Crippen LogP contribution in [0.2, 0.25) is 0 Å². The smallest absolute Gasteiger partial charge is 0.0471 e. The molecule has 2 heterocycles. The molecule has 2 unspecified atom stereocenters. The summed E-state index contributed by atoms with van der Waals surface area (Å²) in [5.74, 6) is 1.27. The molecule has 0 aromatic rings. The van der Waals surface area contributed by atoms with Crippen molar-refractivity contribution in [3.8, 4) is 0 Å². The molecule has 88 valence electrons. The van der Waals surface area contributed by atoms with Gasteiger partial charge in [-0.1, -0.05) is 6.92 Å². The summed E-state index contributed by atoms with van der Waals surface area (Å²) in [6, 6.07) is 0. The topological polar surface area (TPSA) is 32.5 Å². The molecule has 0 bridgehead atoms. The highest BCUT2D eigenvalue weighted by Crippen LogP contribution is 2.30. The van der Waals surface area contributed by atoms with Crippen LogP contribution in [-0.2, 0) is 0 Å². The molecule has 0 aliphatic carbocycles. The highest BCUT2D eigenvalue weighted by molar-refractivity contribution is 7.99. The van der Waals surface area contributed by atoms with Gasteiger partial charge in [0.15, 0.2) is 0 Å². The van der Waals surface area contributed by atoms with Gasteiger partial charge in [0.05, 0.1) is 0 Å². The largest absolute Gasteiger partial charge is 0.329 e. The van der Waals surface area contributed by atoms with E-state index in [2.05, 4.69) is 35.5 Å². The Morgan fingerprint density at radius 1 is 1.47 bits per heavy atom. The van der Waals surface area contributed by atoms with Gasteiger partial charge >= 0.3 is 0 Å². The molecule has 2 atom stereocenters. The molecule has 2 fully saturated rings. The molecule has 2 saturated heterocycles. The van der Waals surface area contributed by atoms with Crippen molar-refractivity contribution in [1.82, 2.24) is 9.80 Å². The Morgan fingerprint density at radius 2 is 2.27 bits per heavy atom. The minimum absolute atomic E-state index is 0.282. The van der Waals surface area contributed by atoms with E-state index in [-0.39, 0.29) is 5.54 Å². The van der Waals surface area contributed by atoms with Crippen molar-refractivity contribution in [2.75, 3.05) is 45.5 Å². The Labute approximate surface area is 97.4 Å². The van der Waals surface area contributed by atoms with E-state index in [0.29, 0.717) is 0 Å². The van der Waals surface area contributed by atoms with Crippen LogP contribution in [0.1, 0.15) is 13.3 Å². The molecule has 2 aliphatic rings. The van der Waals surface area contributed by atoms with Gasteiger partial charge in [0.25, 0.3) is 0 Å². The van der Waals surface area contributed by atoms with Gasteiger partial charge in [-0.15, -0.1) is 0 Å². The lowest BCUT2D eigenvalue weighted by Crippen LogP contribution is -2.58. The third-order valence-electron chi connectivity index (χ3n) is 3.81. The van der Waals surface area contributed by atoms with Gasteiger partial charge < -0.3 is 10.6 Å². The minimum atomic E-state index is 0.282. The van der Waals surface area contributed by atoms with E-state index < -0.39 is 0 Å². The van der Waals surface area contributed by atoms with E-state index >= 15 is 0 Å². The van der Waals surface area contributed by atoms with Gasteiger partial charge in [-0.2, -0.15) is 11.8 Å². The monoisotopic (exact) mass is 229 g/mol. The first-order valence-electron chi connectivity index (χ1n) is 5.91. The number of rotatable bonds is 2. The van der Waals surface area contributed by atoms with Crippen LogP contribution in [0, 0.1) is 0 Å². The van der Waals surface area contributed by atoms with Crippen LogP contribution in [-0.4, -0.2) is 66.1 Å². The zero-order chi connectivity index (χ0) is 10.9.